The maximum Gasteiger partial charge on any atom is 0.433 e. The molecule has 2 heterocycles. The van der Waals surface area contributed by atoms with Gasteiger partial charge in [-0.2, -0.15) is 31.4 Å². The minimum absolute atomic E-state index is 0.101. The van der Waals surface area contributed by atoms with E-state index in [9.17, 15) is 26.3 Å². The lowest BCUT2D eigenvalue weighted by Crippen LogP contribution is -2.13. The van der Waals surface area contributed by atoms with Crippen LogP contribution in [0.4, 0.5) is 26.3 Å². The van der Waals surface area contributed by atoms with E-state index in [1.807, 2.05) is 0 Å². The molecule has 0 aliphatic heterocycles. The summed E-state index contributed by atoms with van der Waals surface area (Å²) in [6.07, 6.45) is -8.16. The van der Waals surface area contributed by atoms with Crippen molar-refractivity contribution in [2.24, 2.45) is 0 Å². The van der Waals surface area contributed by atoms with E-state index in [1.165, 1.54) is 0 Å². The summed E-state index contributed by atoms with van der Waals surface area (Å²) >= 11 is 2.90. The van der Waals surface area contributed by atoms with Crippen molar-refractivity contribution in [2.45, 2.75) is 12.4 Å². The van der Waals surface area contributed by atoms with Crippen LogP contribution >= 0.6 is 0 Å². The molecule has 0 atom stereocenters. The van der Waals surface area contributed by atoms with Crippen LogP contribution < -0.4 is 0 Å². The number of hydrogen-bond donors (Lipinski definition) is 0. The Balaban J connectivity index is 2.22. The topological polar surface area (TPSA) is 30.2 Å². The van der Waals surface area contributed by atoms with E-state index in [-0.39, 0.29) is 22.5 Å². The van der Waals surface area contributed by atoms with Crippen molar-refractivity contribution in [1.82, 2.24) is 14.6 Å². The second-order valence-electron chi connectivity index (χ2n) is 5.14. The zero-order valence-corrected chi connectivity index (χ0v) is 13.6. The molecule has 0 aliphatic rings. The van der Waals surface area contributed by atoms with Gasteiger partial charge in [-0.1, -0.05) is 12.1 Å². The summed E-state index contributed by atoms with van der Waals surface area (Å²) < 4.78 is 78.6. The molecule has 0 amide bonds. The van der Waals surface area contributed by atoms with Gasteiger partial charge >= 0.3 is 12.4 Å². The molecule has 10 heteroatoms. The first-order valence-corrected chi connectivity index (χ1v) is 7.42. The van der Waals surface area contributed by atoms with Crippen LogP contribution in [0.5, 0.6) is 0 Å². The van der Waals surface area contributed by atoms with Crippen LogP contribution in [0.2, 0.25) is 0 Å². The van der Waals surface area contributed by atoms with Crippen LogP contribution in [0.25, 0.3) is 16.9 Å². The molecule has 0 radical (unpaired) electrons. The van der Waals surface area contributed by atoms with Gasteiger partial charge in [0.1, 0.15) is 0 Å². The fraction of sp³-hybridized carbons (Fsp3) is 0.125. The van der Waals surface area contributed by atoms with Gasteiger partial charge in [0.25, 0.3) is 0 Å². The lowest BCUT2D eigenvalue weighted by atomic mass is 10.1. The fourth-order valence-corrected chi connectivity index (χ4v) is 2.43. The first-order valence-electron chi connectivity index (χ1n) is 6.92. The number of alkyl halides is 6. The number of fused-ring (bicyclic) bond motifs is 1. The zero-order valence-electron chi connectivity index (χ0n) is 12.6. The molecular formula is C16H8F6N3S+. The predicted molar refractivity (Wildman–Crippen MR) is 85.5 cm³/mol. The minimum atomic E-state index is -4.74. The highest BCUT2D eigenvalue weighted by atomic mass is 32.1. The highest BCUT2D eigenvalue weighted by Crippen LogP contribution is 2.34. The maximum absolute atomic E-state index is 13.3. The first kappa shape index (κ1) is 18.1. The number of rotatable bonds is 1. The second-order valence-corrected chi connectivity index (χ2v) is 5.39. The lowest BCUT2D eigenvalue weighted by Gasteiger charge is -2.12. The smallest absolute Gasteiger partial charge is 0.227 e. The maximum atomic E-state index is 13.3. The molecular weight excluding hydrogens is 380 g/mol. The molecule has 0 unspecified atom stereocenters. The third kappa shape index (κ3) is 3.35. The van der Waals surface area contributed by atoms with Gasteiger partial charge in [-0.25, -0.2) is 9.50 Å². The number of nitrogens with zero attached hydrogens (tertiary/aromatic N) is 3. The van der Waals surface area contributed by atoms with Crippen molar-refractivity contribution in [3.8, 4) is 22.4 Å². The van der Waals surface area contributed by atoms with E-state index < -0.39 is 23.6 Å². The normalized spacial score (nSPS) is 12.1. The summed E-state index contributed by atoms with van der Waals surface area (Å²) in [5.74, 6) is 2.52. The third-order valence-corrected chi connectivity index (χ3v) is 3.59. The molecule has 134 valence electrons. The van der Waals surface area contributed by atoms with Crippen LogP contribution in [0.15, 0.2) is 36.5 Å². The summed E-state index contributed by atoms with van der Waals surface area (Å²) in [7, 11) is 0. The molecule has 2 aromatic heterocycles. The Kier molecular flexibility index (Phi) is 4.36. The number of benzene rings is 1. The first-order chi connectivity index (χ1) is 12.1. The van der Waals surface area contributed by atoms with E-state index >= 15 is 0 Å². The summed E-state index contributed by atoms with van der Waals surface area (Å²) in [5.41, 5.74) is -2.08. The minimum Gasteiger partial charge on any atom is -0.227 e. The Hall–Kier alpha value is -2.67. The van der Waals surface area contributed by atoms with Gasteiger partial charge in [0.2, 0.25) is 0 Å². The van der Waals surface area contributed by atoms with Crippen molar-refractivity contribution in [2.75, 3.05) is 0 Å². The predicted octanol–water partition coefficient (Wildman–Crippen LogP) is 3.75. The summed E-state index contributed by atoms with van der Waals surface area (Å²) in [6, 6.07) is 4.42. The summed E-state index contributed by atoms with van der Waals surface area (Å²) in [6.45, 7) is 0. The van der Waals surface area contributed by atoms with Crippen molar-refractivity contribution in [3.63, 3.8) is 0 Å². The monoisotopic (exact) mass is 388 g/mol. The molecule has 0 spiro atoms. The Morgan fingerprint density at radius 2 is 1.62 bits per heavy atom. The molecule has 0 saturated heterocycles. The average molecular weight is 388 g/mol. The van der Waals surface area contributed by atoms with Crippen LogP contribution in [0, 0.1) is 11.2 Å². The molecule has 0 N–H and O–H groups in total. The van der Waals surface area contributed by atoms with Crippen LogP contribution in [-0.2, 0) is 25.0 Å². The van der Waals surface area contributed by atoms with Crippen molar-refractivity contribution < 1.29 is 26.3 Å². The lowest BCUT2D eigenvalue weighted by molar-refractivity contribution is -0.142. The fourth-order valence-electron chi connectivity index (χ4n) is 2.30. The largest absolute Gasteiger partial charge is 0.433 e. The van der Waals surface area contributed by atoms with Gasteiger partial charge in [0, 0.05) is 18.2 Å². The quantitative estimate of drug-likeness (QED) is 0.361. The van der Waals surface area contributed by atoms with Crippen LogP contribution in [-0.4, -0.2) is 14.6 Å². The van der Waals surface area contributed by atoms with Crippen LogP contribution in [0.3, 0.4) is 0 Å². The zero-order chi connectivity index (χ0) is 19.1. The number of aromatic nitrogens is 3. The standard InChI is InChI=1S/C16H7F6N3S/c17-15(18,19)11-3-1-9(2-4-11)12-7-13(16(20,21)22)25-14(24-12)10(5-6-26)8-23-25/h1-4,7-8,26H/p+1. The molecule has 0 aliphatic carbocycles. The average Bonchev–Trinajstić information content (AvgIpc) is 2.96. The molecule has 0 saturated carbocycles. The Morgan fingerprint density at radius 3 is 2.15 bits per heavy atom. The number of hydrogen-bond acceptors (Lipinski definition) is 2. The molecule has 3 rings (SSSR count). The van der Waals surface area contributed by atoms with E-state index in [0.29, 0.717) is 4.52 Å². The molecule has 3 nitrogen and oxygen atoms in total. The molecule has 0 fully saturated rings. The third-order valence-electron chi connectivity index (χ3n) is 3.47. The number of halogens is 6. The van der Waals surface area contributed by atoms with Gasteiger partial charge in [-0.05, 0) is 24.1 Å². The van der Waals surface area contributed by atoms with Crippen molar-refractivity contribution >= 4 is 18.3 Å². The molecule has 26 heavy (non-hydrogen) atoms. The van der Waals surface area contributed by atoms with E-state index in [4.69, 9.17) is 0 Å². The van der Waals surface area contributed by atoms with E-state index in [1.54, 1.807) is 0 Å². The molecule has 1 aromatic carbocycles. The van der Waals surface area contributed by atoms with Crippen molar-refractivity contribution in [3.05, 3.63) is 53.3 Å². The van der Waals surface area contributed by atoms with E-state index in [0.717, 1.165) is 36.5 Å². The molecule has 3 aromatic rings. The summed E-state index contributed by atoms with van der Waals surface area (Å²) in [5, 5.41) is 6.01. The SMILES string of the molecule is FC(F)(F)c1ccc(-c2cc(C(F)(F)F)n3ncc(C#C[SH2+])c3n2)cc1. The highest BCUT2D eigenvalue weighted by molar-refractivity contribution is 7.64. The van der Waals surface area contributed by atoms with E-state index in [2.05, 4.69) is 33.9 Å². The van der Waals surface area contributed by atoms with Gasteiger partial charge < -0.3 is 0 Å². The van der Waals surface area contributed by atoms with Crippen molar-refractivity contribution in [1.29, 1.82) is 0 Å². The second kappa shape index (κ2) is 6.25. The highest BCUT2D eigenvalue weighted by Gasteiger charge is 2.36. The molecule has 0 bridgehead atoms. The summed E-state index contributed by atoms with van der Waals surface area (Å²) in [4.78, 5) is 4.09. The van der Waals surface area contributed by atoms with Gasteiger partial charge in [0.05, 0.1) is 23.0 Å². The van der Waals surface area contributed by atoms with Gasteiger partial charge in [-0.15, -0.1) is 0 Å². The van der Waals surface area contributed by atoms with Gasteiger partial charge in [-0.3, -0.25) is 0 Å². The Morgan fingerprint density at radius 1 is 0.962 bits per heavy atom. The Labute approximate surface area is 148 Å². The van der Waals surface area contributed by atoms with Crippen LogP contribution in [0.1, 0.15) is 16.8 Å². The van der Waals surface area contributed by atoms with Gasteiger partial charge in [0.15, 0.2) is 16.6 Å². The Bertz CT molecular complexity index is 1020.